The summed E-state index contributed by atoms with van der Waals surface area (Å²) in [6.07, 6.45) is 3.30. The van der Waals surface area contributed by atoms with Gasteiger partial charge in [0, 0.05) is 31.3 Å². The van der Waals surface area contributed by atoms with Crippen LogP contribution in [0.3, 0.4) is 0 Å². The Morgan fingerprint density at radius 1 is 1.27 bits per heavy atom. The lowest BCUT2D eigenvalue weighted by Crippen LogP contribution is -2.40. The van der Waals surface area contributed by atoms with Crippen LogP contribution in [-0.2, 0) is 17.1 Å². The van der Waals surface area contributed by atoms with Crippen molar-refractivity contribution in [1.29, 1.82) is 0 Å². The van der Waals surface area contributed by atoms with Crippen LogP contribution in [0, 0.1) is 5.82 Å². The van der Waals surface area contributed by atoms with Crippen LogP contribution in [0.5, 0.6) is 0 Å². The van der Waals surface area contributed by atoms with Crippen LogP contribution in [0.4, 0.5) is 4.39 Å². The van der Waals surface area contributed by atoms with Gasteiger partial charge in [0.15, 0.2) is 5.96 Å². The maximum Gasteiger partial charge on any atom is 0.221 e. The highest BCUT2D eigenvalue weighted by atomic mass is 32.2. The molecule has 0 radical (unpaired) electrons. The van der Waals surface area contributed by atoms with E-state index in [1.807, 2.05) is 27.0 Å². The summed E-state index contributed by atoms with van der Waals surface area (Å²) in [5.41, 5.74) is 1.97. The summed E-state index contributed by atoms with van der Waals surface area (Å²) < 4.78 is 13.4. The molecule has 0 spiro atoms. The third-order valence-corrected chi connectivity index (χ3v) is 4.48. The highest BCUT2D eigenvalue weighted by Crippen LogP contribution is 2.17. The summed E-state index contributed by atoms with van der Waals surface area (Å²) in [5, 5.41) is 9.29. The van der Waals surface area contributed by atoms with Crippen molar-refractivity contribution in [2.24, 2.45) is 4.99 Å². The molecule has 26 heavy (non-hydrogen) atoms. The Balaban J connectivity index is 2.62. The SMILES string of the molecule is CCNC(=NCc1ccc(F)cc1CSC)NCCC(=O)NC(C)CC. The van der Waals surface area contributed by atoms with Gasteiger partial charge in [-0.25, -0.2) is 9.38 Å². The fraction of sp³-hybridized carbons (Fsp3) is 0.579. The predicted molar refractivity (Wildman–Crippen MR) is 109 cm³/mol. The lowest BCUT2D eigenvalue weighted by molar-refractivity contribution is -0.121. The number of guanidine groups is 1. The summed E-state index contributed by atoms with van der Waals surface area (Å²) in [5.74, 6) is 1.22. The van der Waals surface area contributed by atoms with E-state index in [1.165, 1.54) is 6.07 Å². The van der Waals surface area contributed by atoms with Crippen molar-refractivity contribution in [2.45, 2.75) is 52.0 Å². The number of hydrogen-bond acceptors (Lipinski definition) is 3. The molecule has 1 atom stereocenters. The molecule has 1 aromatic rings. The van der Waals surface area contributed by atoms with Crippen LogP contribution in [0.25, 0.3) is 0 Å². The quantitative estimate of drug-likeness (QED) is 0.430. The Morgan fingerprint density at radius 3 is 2.69 bits per heavy atom. The van der Waals surface area contributed by atoms with Gasteiger partial charge in [0.2, 0.25) is 5.91 Å². The molecule has 7 heteroatoms. The predicted octanol–water partition coefficient (Wildman–Crippen LogP) is 3.05. The molecule has 0 saturated heterocycles. The minimum absolute atomic E-state index is 0.0310. The third kappa shape index (κ3) is 8.56. The van der Waals surface area contributed by atoms with Gasteiger partial charge in [-0.05, 0) is 49.8 Å². The number of carbonyl (C=O) groups is 1. The highest BCUT2D eigenvalue weighted by molar-refractivity contribution is 7.97. The molecule has 0 aliphatic heterocycles. The van der Waals surface area contributed by atoms with Crippen molar-refractivity contribution in [3.63, 3.8) is 0 Å². The number of carbonyl (C=O) groups excluding carboxylic acids is 1. The zero-order valence-electron chi connectivity index (χ0n) is 16.2. The van der Waals surface area contributed by atoms with Crippen molar-refractivity contribution >= 4 is 23.6 Å². The minimum atomic E-state index is -0.223. The Morgan fingerprint density at radius 2 is 2.04 bits per heavy atom. The molecule has 146 valence electrons. The standard InChI is InChI=1S/C19H31FN4OS/c1-5-14(3)24-18(25)9-10-22-19(21-6-2)23-12-15-7-8-17(20)11-16(15)13-26-4/h7-8,11,14H,5-6,9-10,12-13H2,1-4H3,(H,24,25)(H2,21,22,23). The van der Waals surface area contributed by atoms with E-state index >= 15 is 0 Å². The van der Waals surface area contributed by atoms with Gasteiger partial charge in [-0.2, -0.15) is 11.8 Å². The lowest BCUT2D eigenvalue weighted by atomic mass is 10.1. The summed E-state index contributed by atoms with van der Waals surface area (Å²) in [4.78, 5) is 16.4. The Bertz CT molecular complexity index is 595. The van der Waals surface area contributed by atoms with E-state index in [2.05, 4.69) is 20.9 Å². The zero-order valence-corrected chi connectivity index (χ0v) is 17.0. The lowest BCUT2D eigenvalue weighted by Gasteiger charge is -2.14. The molecule has 5 nitrogen and oxygen atoms in total. The fourth-order valence-electron chi connectivity index (χ4n) is 2.29. The van der Waals surface area contributed by atoms with Crippen LogP contribution in [0.2, 0.25) is 0 Å². The molecule has 1 amide bonds. The molecule has 1 rings (SSSR count). The van der Waals surface area contributed by atoms with Gasteiger partial charge in [-0.1, -0.05) is 13.0 Å². The van der Waals surface area contributed by atoms with Gasteiger partial charge in [-0.15, -0.1) is 0 Å². The number of amides is 1. The number of nitrogens with one attached hydrogen (secondary N) is 3. The average Bonchev–Trinajstić information content (AvgIpc) is 2.61. The number of hydrogen-bond donors (Lipinski definition) is 3. The van der Waals surface area contributed by atoms with Gasteiger partial charge in [0.25, 0.3) is 0 Å². The fourth-order valence-corrected chi connectivity index (χ4v) is 2.87. The first-order chi connectivity index (χ1) is 12.5. The summed E-state index contributed by atoms with van der Waals surface area (Å²) >= 11 is 1.65. The molecule has 3 N–H and O–H groups in total. The van der Waals surface area contributed by atoms with E-state index in [9.17, 15) is 9.18 Å². The average molecular weight is 383 g/mol. The van der Waals surface area contributed by atoms with Crippen molar-refractivity contribution < 1.29 is 9.18 Å². The zero-order chi connectivity index (χ0) is 19.4. The van der Waals surface area contributed by atoms with E-state index in [1.54, 1.807) is 23.9 Å². The monoisotopic (exact) mass is 382 g/mol. The summed E-state index contributed by atoms with van der Waals surface area (Å²) in [6, 6.07) is 5.01. The normalized spacial score (nSPS) is 12.6. The van der Waals surface area contributed by atoms with Gasteiger partial charge >= 0.3 is 0 Å². The molecule has 0 aliphatic rings. The Kier molecular flexibility index (Phi) is 10.8. The molecule has 1 unspecified atom stereocenters. The van der Waals surface area contributed by atoms with Crippen LogP contribution in [0.1, 0.15) is 44.7 Å². The maximum atomic E-state index is 13.4. The molecular weight excluding hydrogens is 351 g/mol. The Labute approximate surface area is 160 Å². The van der Waals surface area contributed by atoms with Crippen LogP contribution >= 0.6 is 11.8 Å². The van der Waals surface area contributed by atoms with Gasteiger partial charge in [0.1, 0.15) is 5.82 Å². The second-order valence-corrected chi connectivity index (χ2v) is 6.96. The van der Waals surface area contributed by atoms with E-state index < -0.39 is 0 Å². The van der Waals surface area contributed by atoms with Gasteiger partial charge in [0.05, 0.1) is 6.54 Å². The van der Waals surface area contributed by atoms with Crippen LogP contribution < -0.4 is 16.0 Å². The van der Waals surface area contributed by atoms with Crippen molar-refractivity contribution in [2.75, 3.05) is 19.3 Å². The number of benzene rings is 1. The van der Waals surface area contributed by atoms with Crippen molar-refractivity contribution in [3.8, 4) is 0 Å². The van der Waals surface area contributed by atoms with E-state index in [0.29, 0.717) is 25.5 Å². The number of halogens is 1. The molecule has 1 aromatic carbocycles. The third-order valence-electron chi connectivity index (χ3n) is 3.88. The number of aliphatic imine (C=N–C) groups is 1. The second-order valence-electron chi connectivity index (χ2n) is 6.09. The number of nitrogens with zero attached hydrogens (tertiary/aromatic N) is 1. The van der Waals surface area contributed by atoms with Crippen LogP contribution in [0.15, 0.2) is 23.2 Å². The van der Waals surface area contributed by atoms with Crippen molar-refractivity contribution in [1.82, 2.24) is 16.0 Å². The summed E-state index contributed by atoms with van der Waals surface area (Å²) in [6.45, 7) is 7.72. The first-order valence-electron chi connectivity index (χ1n) is 9.07. The summed E-state index contributed by atoms with van der Waals surface area (Å²) in [7, 11) is 0. The topological polar surface area (TPSA) is 65.5 Å². The Hall–Kier alpha value is -1.76. The molecule has 0 heterocycles. The second kappa shape index (κ2) is 12.6. The molecular formula is C19H31FN4OS. The molecule has 0 aliphatic carbocycles. The van der Waals surface area contributed by atoms with E-state index in [0.717, 1.165) is 29.8 Å². The number of thioether (sulfide) groups is 1. The number of rotatable bonds is 10. The smallest absolute Gasteiger partial charge is 0.221 e. The van der Waals surface area contributed by atoms with E-state index in [4.69, 9.17) is 0 Å². The molecule has 0 aromatic heterocycles. The first kappa shape index (κ1) is 22.3. The van der Waals surface area contributed by atoms with Crippen molar-refractivity contribution in [3.05, 3.63) is 35.1 Å². The van der Waals surface area contributed by atoms with Crippen LogP contribution in [-0.4, -0.2) is 37.3 Å². The largest absolute Gasteiger partial charge is 0.357 e. The molecule has 0 bridgehead atoms. The minimum Gasteiger partial charge on any atom is -0.357 e. The maximum absolute atomic E-state index is 13.4. The first-order valence-corrected chi connectivity index (χ1v) is 10.5. The molecule has 0 saturated carbocycles. The van der Waals surface area contributed by atoms with Gasteiger partial charge < -0.3 is 16.0 Å². The molecule has 0 fully saturated rings. The van der Waals surface area contributed by atoms with E-state index in [-0.39, 0.29) is 17.8 Å². The highest BCUT2D eigenvalue weighted by Gasteiger charge is 2.07. The van der Waals surface area contributed by atoms with Gasteiger partial charge in [-0.3, -0.25) is 4.79 Å².